The molecule has 4 heteroatoms. The van der Waals surface area contributed by atoms with E-state index in [0.717, 1.165) is 38.5 Å². The summed E-state index contributed by atoms with van der Waals surface area (Å²) in [7, 11) is 0. The maximum atomic E-state index is 10.3. The highest BCUT2D eigenvalue weighted by atomic mass is 16.4. The van der Waals surface area contributed by atoms with Crippen LogP contribution < -0.4 is 5.32 Å². The average molecular weight is 229 g/mol. The van der Waals surface area contributed by atoms with Crippen LogP contribution in [0.5, 0.6) is 0 Å². The van der Waals surface area contributed by atoms with Crippen molar-refractivity contribution in [1.82, 2.24) is 5.32 Å². The lowest BCUT2D eigenvalue weighted by Gasteiger charge is -2.32. The number of rotatable bonds is 6. The zero-order valence-electron chi connectivity index (χ0n) is 9.98. The molecule has 1 aliphatic rings. The monoisotopic (exact) mass is 229 g/mol. The first-order chi connectivity index (χ1) is 7.59. The Morgan fingerprint density at radius 3 is 2.69 bits per heavy atom. The van der Waals surface area contributed by atoms with Gasteiger partial charge < -0.3 is 15.5 Å². The number of piperidine rings is 1. The molecule has 0 aromatic rings. The molecule has 1 heterocycles. The van der Waals surface area contributed by atoms with Crippen LogP contribution in [0.25, 0.3) is 0 Å². The van der Waals surface area contributed by atoms with Crippen molar-refractivity contribution in [3.63, 3.8) is 0 Å². The number of carboxylic acids is 1. The number of carboxylic acid groups (broad SMARTS) is 1. The van der Waals surface area contributed by atoms with E-state index in [4.69, 9.17) is 5.11 Å². The number of aliphatic hydroxyl groups is 1. The predicted molar refractivity (Wildman–Crippen MR) is 62.3 cm³/mol. The van der Waals surface area contributed by atoms with Crippen molar-refractivity contribution < 1.29 is 15.0 Å². The lowest BCUT2D eigenvalue weighted by Crippen LogP contribution is -2.48. The van der Waals surface area contributed by atoms with E-state index in [9.17, 15) is 9.90 Å². The molecule has 16 heavy (non-hydrogen) atoms. The van der Waals surface area contributed by atoms with Gasteiger partial charge in [-0.25, -0.2) is 0 Å². The van der Waals surface area contributed by atoms with E-state index >= 15 is 0 Å². The fourth-order valence-electron chi connectivity index (χ4n) is 2.26. The van der Waals surface area contributed by atoms with Crippen molar-refractivity contribution in [3.05, 3.63) is 0 Å². The van der Waals surface area contributed by atoms with Crippen molar-refractivity contribution in [2.75, 3.05) is 0 Å². The molecule has 0 amide bonds. The number of nitrogens with one attached hydrogen (secondary N) is 1. The third-order valence-electron chi connectivity index (χ3n) is 3.33. The summed E-state index contributed by atoms with van der Waals surface area (Å²) >= 11 is 0. The number of aliphatic carboxylic acids is 1. The van der Waals surface area contributed by atoms with Crippen LogP contribution in [-0.4, -0.2) is 34.4 Å². The maximum Gasteiger partial charge on any atom is 0.303 e. The van der Waals surface area contributed by atoms with Gasteiger partial charge in [0.05, 0.1) is 6.10 Å². The molecule has 0 radical (unpaired) electrons. The molecule has 1 rings (SSSR count). The highest BCUT2D eigenvalue weighted by Crippen LogP contribution is 2.17. The van der Waals surface area contributed by atoms with Gasteiger partial charge in [-0.2, -0.15) is 0 Å². The topological polar surface area (TPSA) is 69.6 Å². The van der Waals surface area contributed by atoms with Gasteiger partial charge in [-0.15, -0.1) is 0 Å². The minimum absolute atomic E-state index is 0.192. The SMILES string of the molecule is C[C@H]1N[C@@H](CCCCCC(=O)O)CC[C@H]1O. The summed E-state index contributed by atoms with van der Waals surface area (Å²) in [5, 5.41) is 21.4. The van der Waals surface area contributed by atoms with E-state index in [1.807, 2.05) is 6.92 Å². The third-order valence-corrected chi connectivity index (χ3v) is 3.33. The maximum absolute atomic E-state index is 10.3. The lowest BCUT2D eigenvalue weighted by molar-refractivity contribution is -0.137. The minimum Gasteiger partial charge on any atom is -0.481 e. The zero-order chi connectivity index (χ0) is 12.0. The fourth-order valence-corrected chi connectivity index (χ4v) is 2.26. The average Bonchev–Trinajstić information content (AvgIpc) is 2.22. The summed E-state index contributed by atoms with van der Waals surface area (Å²) in [6, 6.07) is 0.695. The largest absolute Gasteiger partial charge is 0.481 e. The predicted octanol–water partition coefficient (Wildman–Crippen LogP) is 1.52. The molecule has 0 aromatic carbocycles. The smallest absolute Gasteiger partial charge is 0.303 e. The summed E-state index contributed by atoms with van der Waals surface area (Å²) in [5.74, 6) is -0.701. The standard InChI is InChI=1S/C12H23NO3/c1-9-11(14)8-7-10(13-9)5-3-2-4-6-12(15)16/h9-11,13-14H,2-8H2,1H3,(H,15,16)/t9-,10+,11-/m1/s1. The van der Waals surface area contributed by atoms with Crippen molar-refractivity contribution in [3.8, 4) is 0 Å². The molecule has 1 saturated heterocycles. The second kappa shape index (κ2) is 6.86. The Labute approximate surface area is 97.0 Å². The molecule has 0 spiro atoms. The first-order valence-corrected chi connectivity index (χ1v) is 6.25. The highest BCUT2D eigenvalue weighted by Gasteiger charge is 2.24. The summed E-state index contributed by atoms with van der Waals surface area (Å²) in [4.78, 5) is 10.3. The van der Waals surface area contributed by atoms with E-state index < -0.39 is 5.97 Å². The second-order valence-electron chi connectivity index (χ2n) is 4.79. The molecule has 0 saturated carbocycles. The molecule has 3 N–H and O–H groups in total. The Balaban J connectivity index is 2.03. The Morgan fingerprint density at radius 1 is 1.31 bits per heavy atom. The normalized spacial score (nSPS) is 30.2. The van der Waals surface area contributed by atoms with Gasteiger partial charge >= 0.3 is 5.97 Å². The van der Waals surface area contributed by atoms with Crippen LogP contribution in [-0.2, 0) is 4.79 Å². The molecule has 1 fully saturated rings. The van der Waals surface area contributed by atoms with E-state index in [0.29, 0.717) is 6.04 Å². The van der Waals surface area contributed by atoms with Gasteiger partial charge in [-0.05, 0) is 32.6 Å². The van der Waals surface area contributed by atoms with Crippen LogP contribution in [0.1, 0.15) is 51.9 Å². The summed E-state index contributed by atoms with van der Waals surface area (Å²) in [5.41, 5.74) is 0. The Hall–Kier alpha value is -0.610. The van der Waals surface area contributed by atoms with Crippen LogP contribution in [0.4, 0.5) is 0 Å². The van der Waals surface area contributed by atoms with Crippen LogP contribution in [0, 0.1) is 0 Å². The van der Waals surface area contributed by atoms with Gasteiger partial charge in [-0.1, -0.05) is 12.8 Å². The number of carbonyl (C=O) groups is 1. The third kappa shape index (κ3) is 4.94. The van der Waals surface area contributed by atoms with Gasteiger partial charge in [0.15, 0.2) is 0 Å². The lowest BCUT2D eigenvalue weighted by atomic mass is 9.93. The van der Waals surface area contributed by atoms with E-state index in [-0.39, 0.29) is 18.6 Å². The van der Waals surface area contributed by atoms with Crippen molar-refractivity contribution in [1.29, 1.82) is 0 Å². The molecule has 94 valence electrons. The first-order valence-electron chi connectivity index (χ1n) is 6.25. The molecular formula is C12H23NO3. The van der Waals surface area contributed by atoms with Crippen LogP contribution in [0.15, 0.2) is 0 Å². The van der Waals surface area contributed by atoms with Crippen LogP contribution in [0.3, 0.4) is 0 Å². The summed E-state index contributed by atoms with van der Waals surface area (Å²) in [6.07, 6.45) is 5.93. The molecule has 4 nitrogen and oxygen atoms in total. The Kier molecular flexibility index (Phi) is 5.77. The van der Waals surface area contributed by atoms with Crippen molar-refractivity contribution in [2.45, 2.75) is 70.1 Å². The van der Waals surface area contributed by atoms with Gasteiger partial charge in [0, 0.05) is 18.5 Å². The number of aliphatic hydroxyl groups excluding tert-OH is 1. The first kappa shape index (κ1) is 13.5. The van der Waals surface area contributed by atoms with Crippen molar-refractivity contribution >= 4 is 5.97 Å². The molecule has 0 bridgehead atoms. The summed E-state index contributed by atoms with van der Waals surface area (Å²) < 4.78 is 0. The molecular weight excluding hydrogens is 206 g/mol. The van der Waals surface area contributed by atoms with Gasteiger partial charge in [-0.3, -0.25) is 4.79 Å². The molecule has 3 atom stereocenters. The van der Waals surface area contributed by atoms with Crippen LogP contribution in [0.2, 0.25) is 0 Å². The van der Waals surface area contributed by atoms with E-state index in [1.54, 1.807) is 0 Å². The van der Waals surface area contributed by atoms with Gasteiger partial charge in [0.25, 0.3) is 0 Å². The number of hydrogen-bond acceptors (Lipinski definition) is 3. The minimum atomic E-state index is -0.701. The van der Waals surface area contributed by atoms with E-state index in [1.165, 1.54) is 0 Å². The molecule has 1 aliphatic heterocycles. The summed E-state index contributed by atoms with van der Waals surface area (Å²) in [6.45, 7) is 2.02. The van der Waals surface area contributed by atoms with Gasteiger partial charge in [0.2, 0.25) is 0 Å². The molecule has 0 aromatic heterocycles. The number of hydrogen-bond donors (Lipinski definition) is 3. The zero-order valence-corrected chi connectivity index (χ0v) is 9.98. The molecule has 0 aliphatic carbocycles. The fraction of sp³-hybridized carbons (Fsp3) is 0.917. The Bertz CT molecular complexity index is 220. The Morgan fingerprint density at radius 2 is 2.06 bits per heavy atom. The van der Waals surface area contributed by atoms with Crippen LogP contribution >= 0.6 is 0 Å². The number of unbranched alkanes of at least 4 members (excludes halogenated alkanes) is 2. The van der Waals surface area contributed by atoms with E-state index in [2.05, 4.69) is 5.32 Å². The highest BCUT2D eigenvalue weighted by molar-refractivity contribution is 5.66. The second-order valence-corrected chi connectivity index (χ2v) is 4.79. The van der Waals surface area contributed by atoms with Gasteiger partial charge in [0.1, 0.15) is 0 Å². The van der Waals surface area contributed by atoms with Crippen molar-refractivity contribution in [2.24, 2.45) is 0 Å². The quantitative estimate of drug-likeness (QED) is 0.604. The molecule has 0 unspecified atom stereocenters.